The van der Waals surface area contributed by atoms with Crippen LogP contribution in [0.25, 0.3) is 0 Å². The first-order valence-corrected chi connectivity index (χ1v) is 10.7. The maximum atomic E-state index is 12.9. The summed E-state index contributed by atoms with van der Waals surface area (Å²) in [5.74, 6) is -1.35. The van der Waals surface area contributed by atoms with Gasteiger partial charge in [0, 0.05) is 18.8 Å². The van der Waals surface area contributed by atoms with Gasteiger partial charge in [0.2, 0.25) is 15.9 Å². The van der Waals surface area contributed by atoms with Crippen LogP contribution in [-0.2, 0) is 14.8 Å². The number of anilines is 1. The highest BCUT2D eigenvalue weighted by Crippen LogP contribution is 2.27. The number of rotatable bonds is 5. The fraction of sp³-hybridized carbons (Fsp3) is 0.350. The lowest BCUT2D eigenvalue weighted by Gasteiger charge is -2.31. The number of halogens is 3. The Kier molecular flexibility index (Phi) is 6.37. The Hall–Kier alpha value is -2.59. The molecule has 1 amide bonds. The van der Waals surface area contributed by atoms with Crippen molar-refractivity contribution in [3.05, 3.63) is 54.1 Å². The Morgan fingerprint density at radius 2 is 1.73 bits per heavy atom. The summed E-state index contributed by atoms with van der Waals surface area (Å²) in [4.78, 5) is 12.8. The van der Waals surface area contributed by atoms with E-state index in [2.05, 4.69) is 10.1 Å². The monoisotopic (exact) mass is 442 g/mol. The van der Waals surface area contributed by atoms with Crippen LogP contribution in [0.4, 0.5) is 18.9 Å². The average molecular weight is 442 g/mol. The summed E-state index contributed by atoms with van der Waals surface area (Å²) in [6, 6.07) is 11.3. The summed E-state index contributed by atoms with van der Waals surface area (Å²) in [7, 11) is -3.71. The molecule has 2 aromatic rings. The van der Waals surface area contributed by atoms with Crippen molar-refractivity contribution in [2.75, 3.05) is 18.4 Å². The van der Waals surface area contributed by atoms with E-state index in [1.807, 2.05) is 6.92 Å². The molecule has 1 unspecified atom stereocenters. The van der Waals surface area contributed by atoms with Crippen molar-refractivity contribution in [2.45, 2.75) is 31.0 Å². The minimum Gasteiger partial charge on any atom is -0.406 e. The molecular weight excluding hydrogens is 421 g/mol. The standard InChI is InChI=1S/C20H21F3N2O4S/c1-14-4-10-18(11-5-14)30(27,28)25-12-2-3-15(13-25)19(26)24-16-6-8-17(9-7-16)29-20(21,22)23/h4-11,15H,2-3,12-13H2,1H3,(H,24,26). The van der Waals surface area contributed by atoms with Crippen LogP contribution in [-0.4, -0.2) is 38.1 Å². The molecule has 30 heavy (non-hydrogen) atoms. The van der Waals surface area contributed by atoms with E-state index in [-0.39, 0.29) is 17.3 Å². The van der Waals surface area contributed by atoms with Crippen molar-refractivity contribution >= 4 is 21.6 Å². The van der Waals surface area contributed by atoms with E-state index in [4.69, 9.17) is 0 Å². The summed E-state index contributed by atoms with van der Waals surface area (Å²) in [6.07, 6.45) is -3.75. The number of alkyl halides is 3. The van der Waals surface area contributed by atoms with Gasteiger partial charge in [0.05, 0.1) is 10.8 Å². The van der Waals surface area contributed by atoms with Crippen molar-refractivity contribution in [3.63, 3.8) is 0 Å². The van der Waals surface area contributed by atoms with E-state index in [0.717, 1.165) is 17.7 Å². The van der Waals surface area contributed by atoms with Crippen molar-refractivity contribution in [3.8, 4) is 5.75 Å². The number of piperidine rings is 1. The molecule has 0 bridgehead atoms. The van der Waals surface area contributed by atoms with E-state index in [1.54, 1.807) is 24.3 Å². The van der Waals surface area contributed by atoms with E-state index in [9.17, 15) is 26.4 Å². The predicted molar refractivity (Wildman–Crippen MR) is 104 cm³/mol. The molecule has 0 radical (unpaired) electrons. The molecule has 1 heterocycles. The number of nitrogens with zero attached hydrogens (tertiary/aromatic N) is 1. The number of amides is 1. The Morgan fingerprint density at radius 3 is 2.33 bits per heavy atom. The summed E-state index contributed by atoms with van der Waals surface area (Å²) >= 11 is 0. The molecule has 6 nitrogen and oxygen atoms in total. The molecule has 3 rings (SSSR count). The zero-order chi connectivity index (χ0) is 21.9. The van der Waals surface area contributed by atoms with Crippen molar-refractivity contribution in [2.24, 2.45) is 5.92 Å². The van der Waals surface area contributed by atoms with Gasteiger partial charge in [-0.3, -0.25) is 4.79 Å². The lowest BCUT2D eigenvalue weighted by atomic mass is 9.99. The highest BCUT2D eigenvalue weighted by Gasteiger charge is 2.33. The zero-order valence-corrected chi connectivity index (χ0v) is 17.0. The fourth-order valence-corrected chi connectivity index (χ4v) is 4.74. The lowest BCUT2D eigenvalue weighted by Crippen LogP contribution is -2.43. The van der Waals surface area contributed by atoms with Crippen LogP contribution in [0.3, 0.4) is 0 Å². The second-order valence-corrected chi connectivity index (χ2v) is 9.01. The van der Waals surface area contributed by atoms with Crippen LogP contribution in [0.15, 0.2) is 53.4 Å². The normalized spacial score (nSPS) is 18.1. The van der Waals surface area contributed by atoms with Gasteiger partial charge in [0.1, 0.15) is 5.75 Å². The molecule has 1 saturated heterocycles. The van der Waals surface area contributed by atoms with Gasteiger partial charge in [0.15, 0.2) is 0 Å². The summed E-state index contributed by atoms with van der Waals surface area (Å²) < 4.78 is 67.5. The van der Waals surface area contributed by atoms with Gasteiger partial charge in [-0.05, 0) is 56.2 Å². The summed E-state index contributed by atoms with van der Waals surface area (Å²) in [6.45, 7) is 2.22. The van der Waals surface area contributed by atoms with Gasteiger partial charge in [-0.1, -0.05) is 17.7 Å². The number of ether oxygens (including phenoxy) is 1. The molecule has 1 aliphatic heterocycles. The molecule has 1 N–H and O–H groups in total. The molecule has 10 heteroatoms. The quantitative estimate of drug-likeness (QED) is 0.761. The first kappa shape index (κ1) is 22.1. The molecule has 0 saturated carbocycles. The maximum Gasteiger partial charge on any atom is 0.573 e. The summed E-state index contributed by atoms with van der Waals surface area (Å²) in [5, 5.41) is 2.62. The van der Waals surface area contributed by atoms with E-state index < -0.39 is 28.1 Å². The minimum absolute atomic E-state index is 0.0390. The Labute approximate surface area is 172 Å². The van der Waals surface area contributed by atoms with Gasteiger partial charge in [0.25, 0.3) is 0 Å². The van der Waals surface area contributed by atoms with Gasteiger partial charge < -0.3 is 10.1 Å². The van der Waals surface area contributed by atoms with Crippen molar-refractivity contribution < 1.29 is 31.1 Å². The number of sulfonamides is 1. The molecule has 0 aliphatic carbocycles. The molecular formula is C20H21F3N2O4S. The summed E-state index contributed by atoms with van der Waals surface area (Å²) in [5.41, 5.74) is 1.24. The second-order valence-electron chi connectivity index (χ2n) is 7.08. The molecule has 1 atom stereocenters. The second kappa shape index (κ2) is 8.65. The van der Waals surface area contributed by atoms with Crippen LogP contribution in [0.5, 0.6) is 5.75 Å². The number of hydrogen-bond acceptors (Lipinski definition) is 4. The SMILES string of the molecule is Cc1ccc(S(=O)(=O)N2CCCC(C(=O)Nc3ccc(OC(F)(F)F)cc3)C2)cc1. The minimum atomic E-state index is -4.79. The van der Waals surface area contributed by atoms with Crippen LogP contribution >= 0.6 is 0 Å². The molecule has 0 aromatic heterocycles. The molecule has 0 spiro atoms. The van der Waals surface area contributed by atoms with Crippen molar-refractivity contribution in [1.29, 1.82) is 0 Å². The van der Waals surface area contributed by atoms with Crippen LogP contribution in [0, 0.1) is 12.8 Å². The lowest BCUT2D eigenvalue weighted by molar-refractivity contribution is -0.274. The Morgan fingerprint density at radius 1 is 1.10 bits per heavy atom. The number of aryl methyl sites for hydroxylation is 1. The average Bonchev–Trinajstić information content (AvgIpc) is 2.69. The number of carbonyl (C=O) groups excluding carboxylic acids is 1. The molecule has 2 aromatic carbocycles. The van der Waals surface area contributed by atoms with Crippen LogP contribution in [0.1, 0.15) is 18.4 Å². The molecule has 1 fully saturated rings. The Balaban J connectivity index is 1.65. The third-order valence-electron chi connectivity index (χ3n) is 4.77. The third-order valence-corrected chi connectivity index (χ3v) is 6.65. The Bertz CT molecular complexity index is 990. The highest BCUT2D eigenvalue weighted by molar-refractivity contribution is 7.89. The first-order valence-electron chi connectivity index (χ1n) is 9.28. The third kappa shape index (κ3) is 5.51. The predicted octanol–water partition coefficient (Wildman–Crippen LogP) is 3.93. The number of benzene rings is 2. The zero-order valence-electron chi connectivity index (χ0n) is 16.1. The molecule has 162 valence electrons. The van der Waals surface area contributed by atoms with Gasteiger partial charge in [-0.2, -0.15) is 4.31 Å². The molecule has 1 aliphatic rings. The number of nitrogens with one attached hydrogen (secondary N) is 1. The topological polar surface area (TPSA) is 75.7 Å². The number of carbonyl (C=O) groups is 1. The van der Waals surface area contributed by atoms with E-state index in [1.165, 1.54) is 16.4 Å². The van der Waals surface area contributed by atoms with Crippen molar-refractivity contribution in [1.82, 2.24) is 4.31 Å². The van der Waals surface area contributed by atoms with E-state index in [0.29, 0.717) is 25.1 Å². The smallest absolute Gasteiger partial charge is 0.406 e. The highest BCUT2D eigenvalue weighted by atomic mass is 32.2. The number of hydrogen-bond donors (Lipinski definition) is 1. The maximum absolute atomic E-state index is 12.9. The largest absolute Gasteiger partial charge is 0.573 e. The van der Waals surface area contributed by atoms with Crippen LogP contribution < -0.4 is 10.1 Å². The van der Waals surface area contributed by atoms with Gasteiger partial charge in [-0.25, -0.2) is 8.42 Å². The first-order chi connectivity index (χ1) is 14.0. The van der Waals surface area contributed by atoms with Gasteiger partial charge >= 0.3 is 6.36 Å². The fourth-order valence-electron chi connectivity index (χ4n) is 3.22. The van der Waals surface area contributed by atoms with Gasteiger partial charge in [-0.15, -0.1) is 13.2 Å². The van der Waals surface area contributed by atoms with E-state index >= 15 is 0 Å². The van der Waals surface area contributed by atoms with Crippen LogP contribution in [0.2, 0.25) is 0 Å².